The van der Waals surface area contributed by atoms with Gasteiger partial charge in [-0.1, -0.05) is 29.6 Å². The average molecular weight is 387 g/mol. The molecule has 0 aromatic heterocycles. The molecule has 0 radical (unpaired) electrons. The van der Waals surface area contributed by atoms with Gasteiger partial charge in [0.05, 0.1) is 10.8 Å². The fraction of sp³-hybridized carbons (Fsp3) is 0.529. The first-order valence-electron chi connectivity index (χ1n) is 8.17. The van der Waals surface area contributed by atoms with Crippen LogP contribution in [0.2, 0.25) is 10.0 Å². The van der Waals surface area contributed by atoms with Crippen molar-refractivity contribution in [3.05, 3.63) is 28.2 Å². The van der Waals surface area contributed by atoms with Crippen molar-refractivity contribution in [2.45, 2.75) is 37.0 Å². The first kappa shape index (κ1) is 17.9. The summed E-state index contributed by atoms with van der Waals surface area (Å²) in [4.78, 5) is 24.6. The third-order valence-electron chi connectivity index (χ3n) is 4.93. The molecule has 2 bridgehead atoms. The Morgan fingerprint density at radius 1 is 1.12 bits per heavy atom. The molecule has 24 heavy (non-hydrogen) atoms. The highest BCUT2D eigenvalue weighted by molar-refractivity contribution is 8.00. The smallest absolute Gasteiger partial charge is 0.248 e. The molecule has 3 atom stereocenters. The summed E-state index contributed by atoms with van der Waals surface area (Å²) in [7, 11) is 0. The van der Waals surface area contributed by atoms with Gasteiger partial charge >= 0.3 is 0 Å². The summed E-state index contributed by atoms with van der Waals surface area (Å²) in [6.07, 6.45) is 5.53. The average Bonchev–Trinajstić information content (AvgIpc) is 3.16. The molecular weight excluding hydrogens is 367 g/mol. The molecular formula is C17H20Cl2N2O2S. The number of hydrazine groups is 1. The zero-order valence-electron chi connectivity index (χ0n) is 13.2. The van der Waals surface area contributed by atoms with E-state index in [-0.39, 0.29) is 17.6 Å². The van der Waals surface area contributed by atoms with Gasteiger partial charge < -0.3 is 0 Å². The molecule has 4 nitrogen and oxygen atoms in total. The molecule has 2 saturated carbocycles. The number of rotatable bonds is 5. The molecule has 1 aromatic carbocycles. The van der Waals surface area contributed by atoms with Crippen LogP contribution >= 0.6 is 35.0 Å². The van der Waals surface area contributed by atoms with E-state index in [0.717, 1.165) is 17.2 Å². The number of benzene rings is 1. The van der Waals surface area contributed by atoms with E-state index in [1.807, 2.05) is 0 Å². The Morgan fingerprint density at radius 2 is 1.92 bits per heavy atom. The molecule has 0 heterocycles. The number of fused-ring (bicyclic) bond motifs is 2. The first-order chi connectivity index (χ1) is 11.5. The van der Waals surface area contributed by atoms with Crippen LogP contribution in [0, 0.1) is 17.8 Å². The monoisotopic (exact) mass is 386 g/mol. The van der Waals surface area contributed by atoms with Crippen molar-refractivity contribution in [2.75, 3.05) is 5.75 Å². The van der Waals surface area contributed by atoms with Crippen LogP contribution in [0.25, 0.3) is 0 Å². The standard InChI is InChI=1S/C17H20Cl2N2O2S/c18-13-3-4-14(19)15(8-13)24-9-17(23)21-20-16(22)7-12-6-10-1-2-11(12)5-10/h3-4,8,10-12H,1-2,5-7,9H2,(H,20,22)(H,21,23)/t10-,11-,12-/m1/s1. The van der Waals surface area contributed by atoms with Crippen LogP contribution < -0.4 is 10.9 Å². The van der Waals surface area contributed by atoms with Gasteiger partial charge in [0.2, 0.25) is 11.8 Å². The SMILES string of the molecule is O=C(CSc1cc(Cl)ccc1Cl)NNC(=O)C[C@H]1C[C@@H]2CC[C@@H]1C2. The largest absolute Gasteiger partial charge is 0.273 e. The van der Waals surface area contributed by atoms with Gasteiger partial charge in [0.25, 0.3) is 0 Å². The molecule has 0 aliphatic heterocycles. The third-order valence-corrected chi connectivity index (χ3v) is 6.66. The number of amides is 2. The maximum atomic E-state index is 12.0. The van der Waals surface area contributed by atoms with Crippen LogP contribution in [0.3, 0.4) is 0 Å². The summed E-state index contributed by atoms with van der Waals surface area (Å²) in [6, 6.07) is 5.11. The lowest BCUT2D eigenvalue weighted by Crippen LogP contribution is -2.43. The topological polar surface area (TPSA) is 58.2 Å². The lowest BCUT2D eigenvalue weighted by molar-refractivity contribution is -0.128. The van der Waals surface area contributed by atoms with Crippen molar-refractivity contribution < 1.29 is 9.59 Å². The molecule has 130 valence electrons. The van der Waals surface area contributed by atoms with Gasteiger partial charge in [-0.2, -0.15) is 0 Å². The van der Waals surface area contributed by atoms with Crippen LogP contribution in [0.15, 0.2) is 23.1 Å². The third kappa shape index (κ3) is 4.58. The number of carbonyl (C=O) groups is 2. The molecule has 7 heteroatoms. The van der Waals surface area contributed by atoms with E-state index >= 15 is 0 Å². The Morgan fingerprint density at radius 3 is 2.62 bits per heavy atom. The predicted molar refractivity (Wildman–Crippen MR) is 97.0 cm³/mol. The van der Waals surface area contributed by atoms with E-state index in [9.17, 15) is 9.59 Å². The lowest BCUT2D eigenvalue weighted by atomic mass is 9.86. The summed E-state index contributed by atoms with van der Waals surface area (Å²) < 4.78 is 0. The van der Waals surface area contributed by atoms with Crippen LogP contribution in [0.5, 0.6) is 0 Å². The minimum Gasteiger partial charge on any atom is -0.273 e. The van der Waals surface area contributed by atoms with Crippen molar-refractivity contribution in [2.24, 2.45) is 17.8 Å². The maximum absolute atomic E-state index is 12.0. The Bertz CT molecular complexity index is 641. The number of thioether (sulfide) groups is 1. The molecule has 2 fully saturated rings. The number of carbonyl (C=O) groups excluding carboxylic acids is 2. The van der Waals surface area contributed by atoms with E-state index < -0.39 is 0 Å². The Labute approximate surface area is 156 Å². The van der Waals surface area contributed by atoms with E-state index in [2.05, 4.69) is 10.9 Å². The van der Waals surface area contributed by atoms with Crippen molar-refractivity contribution in [1.29, 1.82) is 0 Å². The quantitative estimate of drug-likeness (QED) is 0.592. The number of hydrogen-bond donors (Lipinski definition) is 2. The second kappa shape index (κ2) is 7.98. The van der Waals surface area contributed by atoms with Crippen LogP contribution in [-0.2, 0) is 9.59 Å². The van der Waals surface area contributed by atoms with Gasteiger partial charge in [-0.15, -0.1) is 11.8 Å². The first-order valence-corrected chi connectivity index (χ1v) is 9.91. The minimum atomic E-state index is -0.266. The summed E-state index contributed by atoms with van der Waals surface area (Å²) in [6.45, 7) is 0. The molecule has 3 rings (SSSR count). The van der Waals surface area contributed by atoms with E-state index in [1.165, 1.54) is 31.0 Å². The fourth-order valence-corrected chi connectivity index (χ4v) is 5.12. The van der Waals surface area contributed by atoms with Gasteiger partial charge in [0.15, 0.2) is 0 Å². The highest BCUT2D eigenvalue weighted by Gasteiger charge is 2.40. The Balaban J connectivity index is 1.37. The summed E-state index contributed by atoms with van der Waals surface area (Å²) >= 11 is 13.2. The van der Waals surface area contributed by atoms with Crippen molar-refractivity contribution >= 4 is 46.8 Å². The van der Waals surface area contributed by atoms with E-state index in [0.29, 0.717) is 28.3 Å². The van der Waals surface area contributed by atoms with E-state index in [1.54, 1.807) is 18.2 Å². The summed E-state index contributed by atoms with van der Waals surface area (Å²) in [5.74, 6) is 1.80. The van der Waals surface area contributed by atoms with Crippen LogP contribution in [-0.4, -0.2) is 17.6 Å². The van der Waals surface area contributed by atoms with Gasteiger partial charge in [-0.3, -0.25) is 20.4 Å². The van der Waals surface area contributed by atoms with Gasteiger partial charge in [-0.25, -0.2) is 0 Å². The number of hydrogen-bond acceptors (Lipinski definition) is 3. The van der Waals surface area contributed by atoms with Crippen molar-refractivity contribution in [3.8, 4) is 0 Å². The predicted octanol–water partition coefficient (Wildman–Crippen LogP) is 4.06. The van der Waals surface area contributed by atoms with Crippen molar-refractivity contribution in [1.82, 2.24) is 10.9 Å². The lowest BCUT2D eigenvalue weighted by Gasteiger charge is -2.20. The van der Waals surface area contributed by atoms with Crippen molar-refractivity contribution in [3.63, 3.8) is 0 Å². The second-order valence-corrected chi connectivity index (χ2v) is 8.46. The molecule has 1 aromatic rings. The van der Waals surface area contributed by atoms with Gasteiger partial charge in [-0.05, 0) is 55.2 Å². The number of nitrogens with one attached hydrogen (secondary N) is 2. The Hall–Kier alpha value is -0.910. The van der Waals surface area contributed by atoms with Crippen LogP contribution in [0.1, 0.15) is 32.1 Å². The maximum Gasteiger partial charge on any atom is 0.248 e. The molecule has 2 amide bonds. The molecule has 0 spiro atoms. The minimum absolute atomic E-state index is 0.105. The highest BCUT2D eigenvalue weighted by atomic mass is 35.5. The summed E-state index contributed by atoms with van der Waals surface area (Å²) in [5.41, 5.74) is 4.99. The molecule has 2 aliphatic carbocycles. The van der Waals surface area contributed by atoms with Gasteiger partial charge in [0, 0.05) is 16.3 Å². The molecule has 0 unspecified atom stereocenters. The van der Waals surface area contributed by atoms with Crippen LogP contribution in [0.4, 0.5) is 0 Å². The fourth-order valence-electron chi connectivity index (χ4n) is 3.82. The van der Waals surface area contributed by atoms with Gasteiger partial charge in [0.1, 0.15) is 0 Å². The second-order valence-electron chi connectivity index (χ2n) is 6.60. The Kier molecular flexibility index (Phi) is 5.95. The normalized spacial score (nSPS) is 24.8. The van der Waals surface area contributed by atoms with E-state index in [4.69, 9.17) is 23.2 Å². The zero-order chi connectivity index (χ0) is 17.1. The zero-order valence-corrected chi connectivity index (χ0v) is 15.5. The molecule has 0 saturated heterocycles. The number of halogens is 2. The molecule has 2 N–H and O–H groups in total. The summed E-state index contributed by atoms with van der Waals surface area (Å²) in [5, 5.41) is 1.12. The highest BCUT2D eigenvalue weighted by Crippen LogP contribution is 2.49. The molecule has 2 aliphatic rings.